The number of rotatable bonds is 2. The zero-order valence-corrected chi connectivity index (χ0v) is 14.7. The van der Waals surface area contributed by atoms with Crippen LogP contribution in [-0.4, -0.2) is 37.1 Å². The van der Waals surface area contributed by atoms with Gasteiger partial charge in [-0.2, -0.15) is 0 Å². The van der Waals surface area contributed by atoms with Crippen LogP contribution in [0.1, 0.15) is 56.2 Å². The summed E-state index contributed by atoms with van der Waals surface area (Å²) in [6.07, 6.45) is 3.93. The molecule has 0 unspecified atom stereocenters. The van der Waals surface area contributed by atoms with Crippen LogP contribution in [0.4, 0.5) is 4.79 Å². The van der Waals surface area contributed by atoms with E-state index in [0.717, 1.165) is 55.9 Å². The van der Waals surface area contributed by atoms with Gasteiger partial charge in [-0.3, -0.25) is 0 Å². The summed E-state index contributed by atoms with van der Waals surface area (Å²) in [6, 6.07) is 2.35. The maximum absolute atomic E-state index is 12.4. The maximum atomic E-state index is 12.4. The number of piperidine rings is 1. The lowest BCUT2D eigenvalue weighted by molar-refractivity contribution is 0.200. The first-order chi connectivity index (χ1) is 10.8. The molecule has 5 heteroatoms. The average molecular weight is 319 g/mol. The highest BCUT2D eigenvalue weighted by Gasteiger charge is 2.35. The van der Waals surface area contributed by atoms with E-state index in [9.17, 15) is 4.79 Å². The number of hydrogen-bond acceptors (Lipinski definition) is 3. The van der Waals surface area contributed by atoms with E-state index >= 15 is 0 Å². The summed E-state index contributed by atoms with van der Waals surface area (Å²) in [5.74, 6) is 1.96. The van der Waals surface area contributed by atoms with Crippen molar-refractivity contribution in [3.63, 3.8) is 0 Å². The van der Waals surface area contributed by atoms with E-state index < -0.39 is 0 Å². The average Bonchev–Trinajstić information content (AvgIpc) is 2.80. The Bertz CT molecular complexity index is 571. The van der Waals surface area contributed by atoms with Gasteiger partial charge >= 0.3 is 6.03 Å². The molecule has 5 nitrogen and oxygen atoms in total. The topological polar surface area (TPSA) is 57.5 Å². The summed E-state index contributed by atoms with van der Waals surface area (Å²) < 4.78 is 5.84. The fourth-order valence-corrected chi connectivity index (χ4v) is 3.85. The standard InChI is InChI=1S/C18H29N3O2/c1-12-9-14-15(10-18(2,3)11-16(14)23-12)20-17(22)19-13-5-7-21(4)8-6-13/h9,13,15H,5-8,10-11H2,1-4H3,(H2,19,20,22)/t15-/m1/s1. The van der Waals surface area contributed by atoms with Crippen molar-refractivity contribution in [2.45, 2.75) is 58.5 Å². The summed E-state index contributed by atoms with van der Waals surface area (Å²) in [4.78, 5) is 14.7. The largest absolute Gasteiger partial charge is 0.466 e. The molecule has 1 aliphatic heterocycles. The number of fused-ring (bicyclic) bond motifs is 1. The molecule has 128 valence electrons. The number of hydrogen-bond donors (Lipinski definition) is 2. The predicted octanol–water partition coefficient (Wildman–Crippen LogP) is 2.99. The Morgan fingerprint density at radius 3 is 2.70 bits per heavy atom. The molecule has 2 amide bonds. The summed E-state index contributed by atoms with van der Waals surface area (Å²) in [5, 5.41) is 6.32. The summed E-state index contributed by atoms with van der Waals surface area (Å²) in [6.45, 7) is 8.54. The molecule has 0 bridgehead atoms. The first kappa shape index (κ1) is 16.4. The normalized spacial score (nSPS) is 25.0. The van der Waals surface area contributed by atoms with Crippen LogP contribution in [0.2, 0.25) is 0 Å². The second kappa shape index (κ2) is 6.19. The first-order valence-electron chi connectivity index (χ1n) is 8.67. The summed E-state index contributed by atoms with van der Waals surface area (Å²) >= 11 is 0. The van der Waals surface area contributed by atoms with Gasteiger partial charge in [0.1, 0.15) is 11.5 Å². The predicted molar refractivity (Wildman–Crippen MR) is 90.5 cm³/mol. The first-order valence-corrected chi connectivity index (χ1v) is 8.67. The fraction of sp³-hybridized carbons (Fsp3) is 0.722. The number of amides is 2. The van der Waals surface area contributed by atoms with Crippen molar-refractivity contribution in [3.05, 3.63) is 23.2 Å². The van der Waals surface area contributed by atoms with E-state index in [-0.39, 0.29) is 23.5 Å². The molecule has 1 atom stereocenters. The van der Waals surface area contributed by atoms with Gasteiger partial charge in [-0.1, -0.05) is 13.8 Å². The third kappa shape index (κ3) is 3.89. The Hall–Kier alpha value is -1.49. The molecule has 1 aromatic rings. The number of furan rings is 1. The van der Waals surface area contributed by atoms with Crippen LogP contribution >= 0.6 is 0 Å². The van der Waals surface area contributed by atoms with Crippen molar-refractivity contribution in [3.8, 4) is 0 Å². The minimum absolute atomic E-state index is 0.0393. The van der Waals surface area contributed by atoms with Crippen LogP contribution in [0.15, 0.2) is 10.5 Å². The molecule has 0 spiro atoms. The summed E-state index contributed by atoms with van der Waals surface area (Å²) in [5.41, 5.74) is 1.29. The molecule has 0 saturated carbocycles. The lowest BCUT2D eigenvalue weighted by atomic mass is 9.75. The highest BCUT2D eigenvalue weighted by molar-refractivity contribution is 5.75. The van der Waals surface area contributed by atoms with Crippen molar-refractivity contribution in [1.29, 1.82) is 0 Å². The van der Waals surface area contributed by atoms with Crippen molar-refractivity contribution >= 4 is 6.03 Å². The Morgan fingerprint density at radius 1 is 1.30 bits per heavy atom. The maximum Gasteiger partial charge on any atom is 0.315 e. The van der Waals surface area contributed by atoms with Gasteiger partial charge in [0.05, 0.1) is 6.04 Å². The van der Waals surface area contributed by atoms with Gasteiger partial charge in [-0.25, -0.2) is 4.79 Å². The van der Waals surface area contributed by atoms with Gasteiger partial charge in [0.15, 0.2) is 0 Å². The van der Waals surface area contributed by atoms with Crippen LogP contribution in [0.3, 0.4) is 0 Å². The van der Waals surface area contributed by atoms with Crippen molar-refractivity contribution in [1.82, 2.24) is 15.5 Å². The van der Waals surface area contributed by atoms with Gasteiger partial charge in [-0.15, -0.1) is 0 Å². The minimum atomic E-state index is -0.0490. The third-order valence-electron chi connectivity index (χ3n) is 5.10. The van der Waals surface area contributed by atoms with Gasteiger partial charge in [-0.05, 0) is 57.8 Å². The van der Waals surface area contributed by atoms with E-state index in [0.29, 0.717) is 0 Å². The van der Waals surface area contributed by atoms with Crippen LogP contribution in [0, 0.1) is 12.3 Å². The molecule has 2 aliphatic rings. The molecule has 1 aliphatic carbocycles. The molecule has 2 heterocycles. The van der Waals surface area contributed by atoms with Crippen molar-refractivity contribution in [2.75, 3.05) is 20.1 Å². The van der Waals surface area contributed by atoms with Crippen molar-refractivity contribution < 1.29 is 9.21 Å². The number of urea groups is 1. The molecule has 2 N–H and O–H groups in total. The van der Waals surface area contributed by atoms with Gasteiger partial charge in [0.25, 0.3) is 0 Å². The molecular formula is C18H29N3O2. The Balaban J connectivity index is 1.63. The highest BCUT2D eigenvalue weighted by Crippen LogP contribution is 2.41. The second-order valence-corrected chi connectivity index (χ2v) is 8.03. The summed E-state index contributed by atoms with van der Waals surface area (Å²) in [7, 11) is 2.13. The SMILES string of the molecule is Cc1cc2c(o1)CC(C)(C)C[C@H]2NC(=O)NC1CCN(C)CC1. The fourth-order valence-electron chi connectivity index (χ4n) is 3.85. The number of nitrogens with zero attached hydrogens (tertiary/aromatic N) is 1. The van der Waals surface area contributed by atoms with Gasteiger partial charge < -0.3 is 20.0 Å². The zero-order chi connectivity index (χ0) is 16.6. The van der Waals surface area contributed by atoms with Crippen molar-refractivity contribution in [2.24, 2.45) is 5.41 Å². The highest BCUT2D eigenvalue weighted by atomic mass is 16.3. The van der Waals surface area contributed by atoms with E-state index in [1.807, 2.05) is 6.92 Å². The van der Waals surface area contributed by atoms with Crippen LogP contribution in [0.25, 0.3) is 0 Å². The number of carbonyl (C=O) groups is 1. The van der Waals surface area contributed by atoms with E-state index in [4.69, 9.17) is 4.42 Å². The molecular weight excluding hydrogens is 290 g/mol. The Kier molecular flexibility index (Phi) is 4.41. The number of carbonyl (C=O) groups excluding carboxylic acids is 1. The third-order valence-corrected chi connectivity index (χ3v) is 5.10. The van der Waals surface area contributed by atoms with Crippen LogP contribution in [-0.2, 0) is 6.42 Å². The number of likely N-dealkylation sites (tertiary alicyclic amines) is 1. The smallest absolute Gasteiger partial charge is 0.315 e. The minimum Gasteiger partial charge on any atom is -0.466 e. The molecule has 1 fully saturated rings. The number of aryl methyl sites for hydroxylation is 1. The molecule has 3 rings (SSSR count). The second-order valence-electron chi connectivity index (χ2n) is 8.03. The van der Waals surface area contributed by atoms with Gasteiger partial charge in [0.2, 0.25) is 0 Å². The Morgan fingerprint density at radius 2 is 2.00 bits per heavy atom. The Labute approximate surface area is 138 Å². The molecule has 23 heavy (non-hydrogen) atoms. The molecule has 1 aromatic heterocycles. The zero-order valence-electron chi connectivity index (χ0n) is 14.7. The molecule has 0 radical (unpaired) electrons. The monoisotopic (exact) mass is 319 g/mol. The number of nitrogens with one attached hydrogen (secondary N) is 2. The van der Waals surface area contributed by atoms with E-state index in [1.54, 1.807) is 0 Å². The van der Waals surface area contributed by atoms with Crippen LogP contribution in [0.5, 0.6) is 0 Å². The lowest BCUT2D eigenvalue weighted by Gasteiger charge is -2.35. The lowest BCUT2D eigenvalue weighted by Crippen LogP contribution is -2.48. The quantitative estimate of drug-likeness (QED) is 0.881. The molecule has 0 aromatic carbocycles. The van der Waals surface area contributed by atoms with Gasteiger partial charge in [0, 0.05) is 18.0 Å². The molecule has 1 saturated heterocycles. The van der Waals surface area contributed by atoms with Crippen LogP contribution < -0.4 is 10.6 Å². The van der Waals surface area contributed by atoms with E-state index in [2.05, 4.69) is 42.5 Å². The van der Waals surface area contributed by atoms with E-state index in [1.165, 1.54) is 0 Å².